The summed E-state index contributed by atoms with van der Waals surface area (Å²) in [6.07, 6.45) is 2.11. The molecule has 0 aromatic heterocycles. The number of nitrogens with two attached hydrogens (primary N) is 1. The first kappa shape index (κ1) is 14.1. The van der Waals surface area contributed by atoms with E-state index in [2.05, 4.69) is 6.58 Å². The van der Waals surface area contributed by atoms with Crippen LogP contribution < -0.4 is 9.88 Å². The molecule has 1 aromatic carbocycles. The Hall–Kier alpha value is -1.93. The Kier molecular flexibility index (Phi) is 4.40. The van der Waals surface area contributed by atoms with Gasteiger partial charge in [-0.25, -0.2) is 13.6 Å². The maximum atomic E-state index is 11.3. The van der Waals surface area contributed by atoms with E-state index >= 15 is 0 Å². The van der Waals surface area contributed by atoms with E-state index in [1.54, 1.807) is 6.08 Å². The van der Waals surface area contributed by atoms with Gasteiger partial charge in [0.2, 0.25) is 10.0 Å². The van der Waals surface area contributed by atoms with Gasteiger partial charge in [0.25, 0.3) is 5.69 Å². The fourth-order valence-electron chi connectivity index (χ4n) is 1.20. The topological polar surface area (TPSA) is 113 Å². The van der Waals surface area contributed by atoms with Gasteiger partial charge in [0.15, 0.2) is 0 Å². The molecule has 0 aliphatic heterocycles. The minimum absolute atomic E-state index is 0.00931. The Morgan fingerprint density at radius 2 is 2.17 bits per heavy atom. The summed E-state index contributed by atoms with van der Waals surface area (Å²) in [7, 11) is -4.08. The molecule has 7 nitrogen and oxygen atoms in total. The van der Waals surface area contributed by atoms with Crippen LogP contribution in [0.15, 0.2) is 35.7 Å². The highest BCUT2D eigenvalue weighted by molar-refractivity contribution is 7.89. The zero-order chi connectivity index (χ0) is 13.8. The summed E-state index contributed by atoms with van der Waals surface area (Å²) >= 11 is 0. The Morgan fingerprint density at radius 1 is 1.50 bits per heavy atom. The van der Waals surface area contributed by atoms with Crippen LogP contribution in [0.2, 0.25) is 0 Å². The molecule has 0 aliphatic rings. The molecular formula is C10H12N2O5S. The average Bonchev–Trinajstić information content (AvgIpc) is 2.28. The van der Waals surface area contributed by atoms with Gasteiger partial charge in [-0.15, -0.1) is 6.58 Å². The van der Waals surface area contributed by atoms with Crippen LogP contribution >= 0.6 is 0 Å². The van der Waals surface area contributed by atoms with Gasteiger partial charge >= 0.3 is 0 Å². The maximum absolute atomic E-state index is 11.3. The Morgan fingerprint density at radius 3 is 2.67 bits per heavy atom. The second-order valence-corrected chi connectivity index (χ2v) is 4.89. The number of nitrogens with zero attached hydrogens (tertiary/aromatic N) is 1. The normalized spacial score (nSPS) is 10.9. The fourth-order valence-corrected chi connectivity index (χ4v) is 1.90. The molecule has 0 fully saturated rings. The number of hydrogen-bond acceptors (Lipinski definition) is 5. The highest BCUT2D eigenvalue weighted by Crippen LogP contribution is 2.27. The molecule has 0 radical (unpaired) electrons. The SMILES string of the molecule is C=CCCOc1ccc([N+](=O)[O-])cc1S(N)(=O)=O. The predicted octanol–water partition coefficient (Wildman–Crippen LogP) is 1.20. The van der Waals surface area contributed by atoms with Crippen molar-refractivity contribution in [2.75, 3.05) is 6.61 Å². The third-order valence-corrected chi connectivity index (χ3v) is 2.96. The zero-order valence-electron chi connectivity index (χ0n) is 9.40. The summed E-state index contributed by atoms with van der Waals surface area (Å²) in [6, 6.07) is 3.23. The number of ether oxygens (including phenoxy) is 1. The Balaban J connectivity index is 3.17. The van der Waals surface area contributed by atoms with E-state index < -0.39 is 19.8 Å². The van der Waals surface area contributed by atoms with Gasteiger partial charge in [-0.2, -0.15) is 0 Å². The fraction of sp³-hybridized carbons (Fsp3) is 0.200. The van der Waals surface area contributed by atoms with Gasteiger partial charge in [0.1, 0.15) is 10.6 Å². The molecule has 0 atom stereocenters. The largest absolute Gasteiger partial charge is 0.492 e. The molecule has 8 heteroatoms. The molecule has 1 aromatic rings. The van der Waals surface area contributed by atoms with E-state index in [0.717, 1.165) is 12.1 Å². The summed E-state index contributed by atoms with van der Waals surface area (Å²) < 4.78 is 27.8. The van der Waals surface area contributed by atoms with E-state index in [-0.39, 0.29) is 18.0 Å². The van der Waals surface area contributed by atoms with Gasteiger partial charge in [0, 0.05) is 12.1 Å². The number of benzene rings is 1. The van der Waals surface area contributed by atoms with Crippen molar-refractivity contribution in [1.82, 2.24) is 0 Å². The van der Waals surface area contributed by atoms with Crippen molar-refractivity contribution < 1.29 is 18.1 Å². The van der Waals surface area contributed by atoms with E-state index in [1.807, 2.05) is 0 Å². The second kappa shape index (κ2) is 5.61. The highest BCUT2D eigenvalue weighted by Gasteiger charge is 2.19. The summed E-state index contributed by atoms with van der Waals surface area (Å²) in [5.74, 6) is -0.00931. The van der Waals surface area contributed by atoms with Crippen molar-refractivity contribution in [3.8, 4) is 5.75 Å². The van der Waals surface area contributed by atoms with Crippen LogP contribution in [0, 0.1) is 10.1 Å². The number of sulfonamides is 1. The third-order valence-electron chi connectivity index (χ3n) is 2.02. The molecule has 1 rings (SSSR count). The van der Waals surface area contributed by atoms with Gasteiger partial charge in [-0.3, -0.25) is 10.1 Å². The number of primary sulfonamides is 1. The Bertz CT molecular complexity index is 568. The van der Waals surface area contributed by atoms with Crippen LogP contribution in [-0.4, -0.2) is 19.9 Å². The van der Waals surface area contributed by atoms with Crippen molar-refractivity contribution in [2.45, 2.75) is 11.3 Å². The summed E-state index contributed by atoms with van der Waals surface area (Å²) in [5, 5.41) is 15.5. The molecule has 0 aliphatic carbocycles. The third kappa shape index (κ3) is 3.54. The first-order chi connectivity index (χ1) is 8.36. The zero-order valence-corrected chi connectivity index (χ0v) is 10.2. The molecule has 0 spiro atoms. The first-order valence-electron chi connectivity index (χ1n) is 4.91. The number of nitro groups is 1. The monoisotopic (exact) mass is 272 g/mol. The van der Waals surface area contributed by atoms with Crippen molar-refractivity contribution in [2.24, 2.45) is 5.14 Å². The molecule has 0 heterocycles. The molecule has 0 unspecified atom stereocenters. The lowest BCUT2D eigenvalue weighted by atomic mass is 10.3. The minimum Gasteiger partial charge on any atom is -0.492 e. The van der Waals surface area contributed by atoms with Crippen LogP contribution in [0.5, 0.6) is 5.75 Å². The second-order valence-electron chi connectivity index (χ2n) is 3.36. The maximum Gasteiger partial charge on any atom is 0.271 e. The smallest absolute Gasteiger partial charge is 0.271 e. The average molecular weight is 272 g/mol. The number of hydrogen-bond donors (Lipinski definition) is 1. The van der Waals surface area contributed by atoms with Crippen LogP contribution in [0.4, 0.5) is 5.69 Å². The lowest BCUT2D eigenvalue weighted by Crippen LogP contribution is -2.14. The van der Waals surface area contributed by atoms with Crippen molar-refractivity contribution >= 4 is 15.7 Å². The quantitative estimate of drug-likeness (QED) is 0.362. The van der Waals surface area contributed by atoms with E-state index in [1.165, 1.54) is 6.07 Å². The molecule has 0 saturated heterocycles. The van der Waals surface area contributed by atoms with Crippen LogP contribution in [-0.2, 0) is 10.0 Å². The van der Waals surface area contributed by atoms with E-state index in [4.69, 9.17) is 9.88 Å². The van der Waals surface area contributed by atoms with Crippen LogP contribution in [0.25, 0.3) is 0 Å². The Labute approximate surface area is 104 Å². The molecule has 0 saturated carbocycles. The summed E-state index contributed by atoms with van der Waals surface area (Å²) in [4.78, 5) is 9.46. The molecular weight excluding hydrogens is 260 g/mol. The van der Waals surface area contributed by atoms with Crippen molar-refractivity contribution in [3.05, 3.63) is 41.0 Å². The number of nitro benzene ring substituents is 1. The van der Waals surface area contributed by atoms with Crippen molar-refractivity contribution in [1.29, 1.82) is 0 Å². The molecule has 2 N–H and O–H groups in total. The van der Waals surface area contributed by atoms with Gasteiger partial charge < -0.3 is 4.74 Å². The minimum atomic E-state index is -4.08. The molecule has 98 valence electrons. The highest BCUT2D eigenvalue weighted by atomic mass is 32.2. The summed E-state index contributed by atoms with van der Waals surface area (Å²) in [6.45, 7) is 3.70. The first-order valence-corrected chi connectivity index (χ1v) is 6.46. The van der Waals surface area contributed by atoms with E-state index in [0.29, 0.717) is 6.42 Å². The summed E-state index contributed by atoms with van der Waals surface area (Å²) in [5.41, 5.74) is -0.366. The lowest BCUT2D eigenvalue weighted by Gasteiger charge is -2.08. The molecule has 0 amide bonds. The number of rotatable bonds is 6. The molecule has 0 bridgehead atoms. The molecule has 18 heavy (non-hydrogen) atoms. The van der Waals surface area contributed by atoms with Gasteiger partial charge in [-0.05, 0) is 12.5 Å². The standard InChI is InChI=1S/C10H12N2O5S/c1-2-3-6-17-9-5-4-8(12(13)14)7-10(9)18(11,15)16/h2,4-5,7H,1,3,6H2,(H2,11,15,16). The predicted molar refractivity (Wildman–Crippen MR) is 64.8 cm³/mol. The van der Waals surface area contributed by atoms with Crippen LogP contribution in [0.3, 0.4) is 0 Å². The van der Waals surface area contributed by atoms with E-state index in [9.17, 15) is 18.5 Å². The van der Waals surface area contributed by atoms with Crippen LogP contribution in [0.1, 0.15) is 6.42 Å². The lowest BCUT2D eigenvalue weighted by molar-refractivity contribution is -0.385. The van der Waals surface area contributed by atoms with Gasteiger partial charge in [-0.1, -0.05) is 6.08 Å². The van der Waals surface area contributed by atoms with Crippen molar-refractivity contribution in [3.63, 3.8) is 0 Å². The number of non-ortho nitro benzene ring substituents is 1. The van der Waals surface area contributed by atoms with Gasteiger partial charge in [0.05, 0.1) is 11.5 Å².